The van der Waals surface area contributed by atoms with Gasteiger partial charge in [-0.1, -0.05) is 13.8 Å². The molecule has 0 bridgehead atoms. The van der Waals surface area contributed by atoms with Crippen molar-refractivity contribution in [2.75, 3.05) is 18.8 Å². The van der Waals surface area contributed by atoms with Crippen LogP contribution in [0.5, 0.6) is 0 Å². The van der Waals surface area contributed by atoms with Crippen molar-refractivity contribution in [1.29, 1.82) is 0 Å². The third kappa shape index (κ3) is 1.86. The van der Waals surface area contributed by atoms with E-state index in [1.54, 1.807) is 11.9 Å². The summed E-state index contributed by atoms with van der Waals surface area (Å²) in [6.45, 7) is 4.60. The van der Waals surface area contributed by atoms with Crippen LogP contribution in [0.4, 0.5) is 5.69 Å². The number of nitrogens with two attached hydrogens (primary N) is 1. The van der Waals surface area contributed by atoms with Crippen LogP contribution in [0.3, 0.4) is 0 Å². The number of nitrogens with zero attached hydrogens (tertiary/aromatic N) is 3. The van der Waals surface area contributed by atoms with Crippen LogP contribution in [0.15, 0.2) is 0 Å². The molecular weight excluding hydrogens is 232 g/mol. The summed E-state index contributed by atoms with van der Waals surface area (Å²) in [6.07, 6.45) is 1.35. The maximum absolute atomic E-state index is 12.3. The number of aliphatic hydroxyl groups is 1. The Kier molecular flexibility index (Phi) is 3.06. The zero-order valence-corrected chi connectivity index (χ0v) is 11.1. The fourth-order valence-corrected chi connectivity index (χ4v) is 2.29. The first-order valence-corrected chi connectivity index (χ1v) is 6.25. The molecule has 100 valence electrons. The highest BCUT2D eigenvalue weighted by Crippen LogP contribution is 2.27. The summed E-state index contributed by atoms with van der Waals surface area (Å²) in [6, 6.07) is 0. The third-order valence-electron chi connectivity index (χ3n) is 3.61. The number of nitrogen functional groups attached to an aromatic ring is 1. The fraction of sp³-hybridized carbons (Fsp3) is 0.667. The number of aromatic nitrogens is 2. The minimum absolute atomic E-state index is 0.152. The molecule has 0 radical (unpaired) electrons. The van der Waals surface area contributed by atoms with Gasteiger partial charge in [-0.15, -0.1) is 0 Å². The molecule has 2 heterocycles. The molecule has 1 aliphatic rings. The van der Waals surface area contributed by atoms with Crippen molar-refractivity contribution < 1.29 is 9.90 Å². The Bertz CT molecular complexity index is 475. The molecule has 1 aromatic rings. The van der Waals surface area contributed by atoms with E-state index in [1.807, 2.05) is 13.8 Å². The molecule has 1 fully saturated rings. The van der Waals surface area contributed by atoms with E-state index in [1.165, 1.54) is 4.68 Å². The molecule has 1 amide bonds. The van der Waals surface area contributed by atoms with Gasteiger partial charge in [0.05, 0.1) is 30.1 Å². The average molecular weight is 252 g/mol. The largest absolute Gasteiger partial charge is 0.395 e. The molecule has 1 aliphatic heterocycles. The Morgan fingerprint density at radius 3 is 2.56 bits per heavy atom. The fourth-order valence-electron chi connectivity index (χ4n) is 2.29. The summed E-state index contributed by atoms with van der Waals surface area (Å²) in [5.74, 6) is -0.152. The van der Waals surface area contributed by atoms with Gasteiger partial charge in [0.25, 0.3) is 5.91 Å². The van der Waals surface area contributed by atoms with Gasteiger partial charge in [-0.2, -0.15) is 5.10 Å². The van der Waals surface area contributed by atoms with Gasteiger partial charge in [-0.3, -0.25) is 9.48 Å². The van der Waals surface area contributed by atoms with Crippen LogP contribution < -0.4 is 5.73 Å². The highest BCUT2D eigenvalue weighted by Gasteiger charge is 2.43. The van der Waals surface area contributed by atoms with Gasteiger partial charge in [0.2, 0.25) is 0 Å². The van der Waals surface area contributed by atoms with Gasteiger partial charge in [0, 0.05) is 7.05 Å². The van der Waals surface area contributed by atoms with Crippen LogP contribution >= 0.6 is 0 Å². The molecule has 0 saturated carbocycles. The lowest BCUT2D eigenvalue weighted by molar-refractivity contribution is -0.0829. The lowest BCUT2D eigenvalue weighted by atomic mass is 9.91. The zero-order chi connectivity index (χ0) is 13.5. The van der Waals surface area contributed by atoms with E-state index in [9.17, 15) is 9.90 Å². The standard InChI is InChI=1S/C12H20N4O2/c1-4-8-9(13)10(15(3)14-8)11(17)16-6-12(18,5-2)7-16/h18H,4-7,13H2,1-3H3. The topological polar surface area (TPSA) is 84.4 Å². The van der Waals surface area contributed by atoms with E-state index < -0.39 is 5.60 Å². The Balaban J connectivity index is 2.19. The van der Waals surface area contributed by atoms with E-state index in [-0.39, 0.29) is 5.91 Å². The molecular formula is C12H20N4O2. The number of amides is 1. The molecule has 0 atom stereocenters. The highest BCUT2D eigenvalue weighted by molar-refractivity contribution is 5.98. The molecule has 18 heavy (non-hydrogen) atoms. The van der Waals surface area contributed by atoms with Crippen molar-refractivity contribution >= 4 is 11.6 Å². The number of β-amino-alcohol motifs (C(OH)–C–C–N with tert-alkyl or cyclic N) is 1. The summed E-state index contributed by atoms with van der Waals surface area (Å²) in [4.78, 5) is 13.9. The van der Waals surface area contributed by atoms with E-state index in [2.05, 4.69) is 5.10 Å². The van der Waals surface area contributed by atoms with Gasteiger partial charge in [-0.25, -0.2) is 0 Å². The van der Waals surface area contributed by atoms with Crippen molar-refractivity contribution in [2.45, 2.75) is 32.3 Å². The molecule has 0 spiro atoms. The maximum atomic E-state index is 12.3. The zero-order valence-electron chi connectivity index (χ0n) is 11.1. The molecule has 2 rings (SSSR count). The average Bonchev–Trinajstić information content (AvgIpc) is 2.59. The summed E-state index contributed by atoms with van der Waals surface area (Å²) < 4.78 is 1.53. The molecule has 6 heteroatoms. The Morgan fingerprint density at radius 1 is 1.50 bits per heavy atom. The first-order chi connectivity index (χ1) is 8.41. The summed E-state index contributed by atoms with van der Waals surface area (Å²) in [5.41, 5.74) is 6.83. The number of carbonyl (C=O) groups is 1. The molecule has 3 N–H and O–H groups in total. The number of hydrogen-bond donors (Lipinski definition) is 2. The van der Waals surface area contributed by atoms with E-state index >= 15 is 0 Å². The second-order valence-corrected chi connectivity index (χ2v) is 4.93. The smallest absolute Gasteiger partial charge is 0.274 e. The lowest BCUT2D eigenvalue weighted by Gasteiger charge is -2.46. The predicted molar refractivity (Wildman–Crippen MR) is 68.1 cm³/mol. The van der Waals surface area contributed by atoms with Crippen LogP contribution in [-0.2, 0) is 13.5 Å². The molecule has 1 saturated heterocycles. The van der Waals surface area contributed by atoms with Gasteiger partial charge in [0.15, 0.2) is 0 Å². The van der Waals surface area contributed by atoms with E-state index in [0.29, 0.717) is 37.3 Å². The minimum atomic E-state index is -0.726. The van der Waals surface area contributed by atoms with Crippen molar-refractivity contribution in [1.82, 2.24) is 14.7 Å². The van der Waals surface area contributed by atoms with Crippen molar-refractivity contribution in [2.24, 2.45) is 7.05 Å². The Labute approximate surface area is 106 Å². The Morgan fingerprint density at radius 2 is 2.11 bits per heavy atom. The van der Waals surface area contributed by atoms with Crippen molar-refractivity contribution in [3.8, 4) is 0 Å². The summed E-state index contributed by atoms with van der Waals surface area (Å²) >= 11 is 0. The maximum Gasteiger partial charge on any atom is 0.274 e. The first-order valence-electron chi connectivity index (χ1n) is 6.25. The Hall–Kier alpha value is -1.56. The molecule has 0 aromatic carbocycles. The lowest BCUT2D eigenvalue weighted by Crippen LogP contribution is -2.63. The molecule has 0 aliphatic carbocycles. The second kappa shape index (κ2) is 4.28. The van der Waals surface area contributed by atoms with Gasteiger partial charge in [-0.05, 0) is 12.8 Å². The van der Waals surface area contributed by atoms with Crippen LogP contribution in [-0.4, -0.2) is 44.4 Å². The van der Waals surface area contributed by atoms with Crippen LogP contribution in [0.2, 0.25) is 0 Å². The summed E-state index contributed by atoms with van der Waals surface area (Å²) in [5, 5.41) is 14.2. The predicted octanol–water partition coefficient (Wildman–Crippen LogP) is 0.162. The van der Waals surface area contributed by atoms with Gasteiger partial charge < -0.3 is 15.7 Å². The number of rotatable bonds is 3. The van der Waals surface area contributed by atoms with Crippen molar-refractivity contribution in [3.05, 3.63) is 11.4 Å². The van der Waals surface area contributed by atoms with Crippen LogP contribution in [0.1, 0.15) is 36.5 Å². The third-order valence-corrected chi connectivity index (χ3v) is 3.61. The van der Waals surface area contributed by atoms with Crippen LogP contribution in [0.25, 0.3) is 0 Å². The number of carbonyl (C=O) groups excluding carboxylic acids is 1. The minimum Gasteiger partial charge on any atom is -0.395 e. The second-order valence-electron chi connectivity index (χ2n) is 4.93. The monoisotopic (exact) mass is 252 g/mol. The highest BCUT2D eigenvalue weighted by atomic mass is 16.3. The van der Waals surface area contributed by atoms with Gasteiger partial charge >= 0.3 is 0 Å². The number of anilines is 1. The van der Waals surface area contributed by atoms with E-state index in [0.717, 1.165) is 5.69 Å². The normalized spacial score (nSPS) is 17.7. The molecule has 0 unspecified atom stereocenters. The molecule has 6 nitrogen and oxygen atoms in total. The van der Waals surface area contributed by atoms with E-state index in [4.69, 9.17) is 5.73 Å². The first kappa shape index (κ1) is 12.9. The number of hydrogen-bond acceptors (Lipinski definition) is 4. The van der Waals surface area contributed by atoms with Gasteiger partial charge in [0.1, 0.15) is 5.69 Å². The SMILES string of the molecule is CCc1nn(C)c(C(=O)N2CC(O)(CC)C2)c1N. The summed E-state index contributed by atoms with van der Waals surface area (Å²) in [7, 11) is 1.72. The quantitative estimate of drug-likeness (QED) is 0.802. The number of likely N-dealkylation sites (tertiary alicyclic amines) is 1. The van der Waals surface area contributed by atoms with Crippen molar-refractivity contribution in [3.63, 3.8) is 0 Å². The van der Waals surface area contributed by atoms with Crippen LogP contribution in [0, 0.1) is 0 Å². The number of aryl methyl sites for hydroxylation is 2. The molecule has 1 aromatic heterocycles.